The SMILES string of the molecule is COCc1cccc(C(=O)N2CCCN(Cc3ccc(F)cc3)CC2)c1. The van der Waals surface area contributed by atoms with E-state index in [1.54, 1.807) is 7.11 Å². The summed E-state index contributed by atoms with van der Waals surface area (Å²) in [5.74, 6) is -0.135. The number of hydrogen-bond donors (Lipinski definition) is 0. The highest BCUT2D eigenvalue weighted by Gasteiger charge is 2.20. The summed E-state index contributed by atoms with van der Waals surface area (Å²) < 4.78 is 18.2. The molecule has 2 aromatic rings. The van der Waals surface area contributed by atoms with E-state index in [1.165, 1.54) is 12.1 Å². The molecule has 0 aromatic heterocycles. The maximum Gasteiger partial charge on any atom is 0.253 e. The first-order valence-electron chi connectivity index (χ1n) is 8.99. The van der Waals surface area contributed by atoms with Gasteiger partial charge in [-0.05, 0) is 41.8 Å². The van der Waals surface area contributed by atoms with Crippen molar-refractivity contribution in [3.8, 4) is 0 Å². The fourth-order valence-electron chi connectivity index (χ4n) is 3.32. The third-order valence-corrected chi connectivity index (χ3v) is 4.68. The van der Waals surface area contributed by atoms with E-state index in [2.05, 4.69) is 4.90 Å². The zero-order chi connectivity index (χ0) is 18.4. The van der Waals surface area contributed by atoms with E-state index in [9.17, 15) is 9.18 Å². The predicted octanol–water partition coefficient (Wildman–Crippen LogP) is 3.32. The molecule has 4 nitrogen and oxygen atoms in total. The summed E-state index contributed by atoms with van der Waals surface area (Å²) >= 11 is 0. The molecule has 0 bridgehead atoms. The molecule has 26 heavy (non-hydrogen) atoms. The number of halogens is 1. The van der Waals surface area contributed by atoms with Gasteiger partial charge in [-0.3, -0.25) is 9.69 Å². The van der Waals surface area contributed by atoms with Crippen LogP contribution in [0.3, 0.4) is 0 Å². The molecule has 1 fully saturated rings. The van der Waals surface area contributed by atoms with Gasteiger partial charge in [-0.2, -0.15) is 0 Å². The molecule has 1 saturated heterocycles. The summed E-state index contributed by atoms with van der Waals surface area (Å²) in [7, 11) is 1.65. The van der Waals surface area contributed by atoms with Crippen molar-refractivity contribution in [2.24, 2.45) is 0 Å². The van der Waals surface area contributed by atoms with Crippen molar-refractivity contribution in [1.82, 2.24) is 9.80 Å². The normalized spacial score (nSPS) is 15.7. The second-order valence-electron chi connectivity index (χ2n) is 6.68. The monoisotopic (exact) mass is 356 g/mol. The molecule has 0 unspecified atom stereocenters. The molecule has 138 valence electrons. The maximum absolute atomic E-state index is 13.0. The Bertz CT molecular complexity index is 733. The number of carbonyl (C=O) groups excluding carboxylic acids is 1. The van der Waals surface area contributed by atoms with Crippen LogP contribution in [-0.2, 0) is 17.9 Å². The second kappa shape index (κ2) is 8.92. The Balaban J connectivity index is 1.60. The molecule has 0 radical (unpaired) electrons. The van der Waals surface area contributed by atoms with Crippen LogP contribution in [-0.4, -0.2) is 49.0 Å². The van der Waals surface area contributed by atoms with Gasteiger partial charge in [-0.15, -0.1) is 0 Å². The molecule has 2 aromatic carbocycles. The van der Waals surface area contributed by atoms with E-state index in [0.29, 0.717) is 18.7 Å². The van der Waals surface area contributed by atoms with E-state index < -0.39 is 0 Å². The summed E-state index contributed by atoms with van der Waals surface area (Å²) in [5.41, 5.74) is 2.82. The second-order valence-corrected chi connectivity index (χ2v) is 6.68. The van der Waals surface area contributed by atoms with E-state index >= 15 is 0 Å². The van der Waals surface area contributed by atoms with Crippen LogP contribution >= 0.6 is 0 Å². The molecule has 1 heterocycles. The molecule has 0 N–H and O–H groups in total. The number of ether oxygens (including phenoxy) is 1. The molecule has 1 aliphatic rings. The zero-order valence-electron chi connectivity index (χ0n) is 15.2. The summed E-state index contributed by atoms with van der Waals surface area (Å²) in [5, 5.41) is 0. The van der Waals surface area contributed by atoms with Crippen molar-refractivity contribution >= 4 is 5.91 Å². The van der Waals surface area contributed by atoms with Gasteiger partial charge >= 0.3 is 0 Å². The summed E-state index contributed by atoms with van der Waals surface area (Å²) in [4.78, 5) is 17.1. The Hall–Kier alpha value is -2.24. The number of amides is 1. The molecule has 0 atom stereocenters. The number of carbonyl (C=O) groups is 1. The lowest BCUT2D eigenvalue weighted by Gasteiger charge is -2.22. The largest absolute Gasteiger partial charge is 0.380 e. The van der Waals surface area contributed by atoms with Gasteiger partial charge in [0.1, 0.15) is 5.82 Å². The molecule has 0 saturated carbocycles. The molecular formula is C21H25FN2O2. The summed E-state index contributed by atoms with van der Waals surface area (Å²) in [6.07, 6.45) is 0.935. The fraction of sp³-hybridized carbons (Fsp3) is 0.381. The van der Waals surface area contributed by atoms with Crippen LogP contribution < -0.4 is 0 Å². The van der Waals surface area contributed by atoms with Crippen molar-refractivity contribution in [3.05, 3.63) is 71.0 Å². The van der Waals surface area contributed by atoms with Crippen LogP contribution in [0, 0.1) is 5.82 Å². The Morgan fingerprint density at radius 1 is 1.04 bits per heavy atom. The van der Waals surface area contributed by atoms with Crippen molar-refractivity contribution in [2.75, 3.05) is 33.3 Å². The van der Waals surface area contributed by atoms with E-state index in [0.717, 1.165) is 43.7 Å². The van der Waals surface area contributed by atoms with E-state index in [1.807, 2.05) is 41.3 Å². The molecule has 3 rings (SSSR count). The van der Waals surface area contributed by atoms with Gasteiger partial charge in [0.05, 0.1) is 6.61 Å². The minimum absolute atomic E-state index is 0.0755. The first kappa shape index (κ1) is 18.5. The number of nitrogens with zero attached hydrogens (tertiary/aromatic N) is 2. The van der Waals surface area contributed by atoms with Crippen LogP contribution in [0.5, 0.6) is 0 Å². The molecule has 1 amide bonds. The average Bonchev–Trinajstić information content (AvgIpc) is 2.89. The fourth-order valence-corrected chi connectivity index (χ4v) is 3.32. The molecule has 0 aliphatic carbocycles. The van der Waals surface area contributed by atoms with Crippen LogP contribution in [0.2, 0.25) is 0 Å². The minimum atomic E-state index is -0.211. The third kappa shape index (κ3) is 4.90. The molecular weight excluding hydrogens is 331 g/mol. The Morgan fingerprint density at radius 2 is 1.85 bits per heavy atom. The van der Waals surface area contributed by atoms with Gasteiger partial charge in [0, 0.05) is 45.4 Å². The van der Waals surface area contributed by atoms with Gasteiger partial charge in [0.25, 0.3) is 5.91 Å². The quantitative estimate of drug-likeness (QED) is 0.824. The highest BCUT2D eigenvalue weighted by molar-refractivity contribution is 5.94. The first-order valence-corrected chi connectivity index (χ1v) is 8.99. The Kier molecular flexibility index (Phi) is 6.36. The van der Waals surface area contributed by atoms with Crippen LogP contribution in [0.1, 0.15) is 27.9 Å². The minimum Gasteiger partial charge on any atom is -0.380 e. The van der Waals surface area contributed by atoms with Crippen molar-refractivity contribution in [3.63, 3.8) is 0 Å². The van der Waals surface area contributed by atoms with Gasteiger partial charge < -0.3 is 9.64 Å². The smallest absolute Gasteiger partial charge is 0.253 e. The Morgan fingerprint density at radius 3 is 2.62 bits per heavy atom. The molecule has 0 spiro atoms. The molecule has 5 heteroatoms. The number of rotatable bonds is 5. The van der Waals surface area contributed by atoms with Crippen molar-refractivity contribution in [1.29, 1.82) is 0 Å². The highest BCUT2D eigenvalue weighted by atomic mass is 19.1. The van der Waals surface area contributed by atoms with Gasteiger partial charge in [-0.1, -0.05) is 24.3 Å². The average molecular weight is 356 g/mol. The van der Waals surface area contributed by atoms with Gasteiger partial charge in [-0.25, -0.2) is 4.39 Å². The number of benzene rings is 2. The van der Waals surface area contributed by atoms with Gasteiger partial charge in [0.2, 0.25) is 0 Å². The van der Waals surface area contributed by atoms with Crippen LogP contribution in [0.15, 0.2) is 48.5 Å². The third-order valence-electron chi connectivity index (χ3n) is 4.68. The van der Waals surface area contributed by atoms with Gasteiger partial charge in [0.15, 0.2) is 0 Å². The molecule has 1 aliphatic heterocycles. The van der Waals surface area contributed by atoms with Crippen LogP contribution in [0.25, 0.3) is 0 Å². The van der Waals surface area contributed by atoms with Crippen LogP contribution in [0.4, 0.5) is 4.39 Å². The first-order chi connectivity index (χ1) is 12.7. The summed E-state index contributed by atoms with van der Waals surface area (Å²) in [6.45, 7) is 4.51. The summed E-state index contributed by atoms with van der Waals surface area (Å²) in [6, 6.07) is 14.3. The lowest BCUT2D eigenvalue weighted by atomic mass is 10.1. The lowest BCUT2D eigenvalue weighted by molar-refractivity contribution is 0.0760. The predicted molar refractivity (Wildman–Crippen MR) is 99.4 cm³/mol. The topological polar surface area (TPSA) is 32.8 Å². The van der Waals surface area contributed by atoms with Crippen molar-refractivity contribution in [2.45, 2.75) is 19.6 Å². The number of methoxy groups -OCH3 is 1. The van der Waals surface area contributed by atoms with Crippen molar-refractivity contribution < 1.29 is 13.9 Å². The Labute approximate surface area is 154 Å². The standard InChI is InChI=1S/C21H25FN2O2/c1-26-16-18-4-2-5-19(14-18)21(25)24-11-3-10-23(12-13-24)15-17-6-8-20(22)9-7-17/h2,4-9,14H,3,10-13,15-16H2,1H3. The maximum atomic E-state index is 13.0. The van der Waals surface area contributed by atoms with E-state index in [-0.39, 0.29) is 11.7 Å². The number of hydrogen-bond acceptors (Lipinski definition) is 3. The highest BCUT2D eigenvalue weighted by Crippen LogP contribution is 2.14. The lowest BCUT2D eigenvalue weighted by Crippen LogP contribution is -2.35. The zero-order valence-corrected chi connectivity index (χ0v) is 15.2. The van der Waals surface area contributed by atoms with E-state index in [4.69, 9.17) is 4.74 Å².